The predicted octanol–water partition coefficient (Wildman–Crippen LogP) is 2.02. The lowest BCUT2D eigenvalue weighted by Crippen LogP contribution is -2.48. The molecule has 0 aliphatic heterocycles. The monoisotopic (exact) mass is 353 g/mol. The normalized spacial score (nSPS) is 18.8. The van der Waals surface area contributed by atoms with E-state index in [2.05, 4.69) is 4.98 Å². The highest BCUT2D eigenvalue weighted by Crippen LogP contribution is 2.28. The maximum Gasteiger partial charge on any atom is 0.272 e. The molecule has 6 heteroatoms. The van der Waals surface area contributed by atoms with Crippen molar-refractivity contribution in [3.63, 3.8) is 0 Å². The fourth-order valence-corrected chi connectivity index (χ4v) is 3.13. The smallest absolute Gasteiger partial charge is 0.272 e. The van der Waals surface area contributed by atoms with Crippen molar-refractivity contribution in [3.8, 4) is 0 Å². The van der Waals surface area contributed by atoms with Crippen molar-refractivity contribution in [1.29, 1.82) is 0 Å². The van der Waals surface area contributed by atoms with Crippen LogP contribution < -0.4 is 5.73 Å². The molecule has 1 aliphatic rings. The summed E-state index contributed by atoms with van der Waals surface area (Å²) in [4.78, 5) is 30.7. The molecule has 0 atom stereocenters. The van der Waals surface area contributed by atoms with E-state index in [-0.39, 0.29) is 23.7 Å². The molecule has 0 radical (unpaired) electrons. The predicted molar refractivity (Wildman–Crippen MR) is 97.9 cm³/mol. The summed E-state index contributed by atoms with van der Waals surface area (Å²) >= 11 is 0. The van der Waals surface area contributed by atoms with Crippen LogP contribution >= 0.6 is 0 Å². The largest absolute Gasteiger partial charge is 0.381 e. The van der Waals surface area contributed by atoms with Crippen LogP contribution in [-0.2, 0) is 11.2 Å². The maximum absolute atomic E-state index is 12.8. The van der Waals surface area contributed by atoms with E-state index in [0.29, 0.717) is 17.7 Å². The molecule has 2 amide bonds. The topological polar surface area (TPSA) is 85.5 Å². The average molecular weight is 353 g/mol. The molecule has 0 bridgehead atoms. The molecule has 3 rings (SSSR count). The fourth-order valence-electron chi connectivity index (χ4n) is 3.13. The number of ether oxygens (including phenoxy) is 1. The molecule has 1 aliphatic carbocycles. The summed E-state index contributed by atoms with van der Waals surface area (Å²) in [5.74, 6) is -0.775. The lowest BCUT2D eigenvalue weighted by atomic mass is 9.88. The Morgan fingerprint density at radius 1 is 1.23 bits per heavy atom. The number of nitrogens with two attached hydrogens (primary N) is 1. The van der Waals surface area contributed by atoms with Crippen LogP contribution in [0.5, 0.6) is 0 Å². The van der Waals surface area contributed by atoms with E-state index >= 15 is 0 Å². The van der Waals surface area contributed by atoms with E-state index in [9.17, 15) is 9.59 Å². The van der Waals surface area contributed by atoms with Gasteiger partial charge in [0.05, 0.1) is 6.10 Å². The number of amides is 2. The third-order valence-corrected chi connectivity index (χ3v) is 4.88. The van der Waals surface area contributed by atoms with Crippen LogP contribution in [0.3, 0.4) is 0 Å². The van der Waals surface area contributed by atoms with Crippen molar-refractivity contribution >= 4 is 11.8 Å². The van der Waals surface area contributed by atoms with Crippen molar-refractivity contribution < 1.29 is 14.3 Å². The Hall–Kier alpha value is -2.73. The van der Waals surface area contributed by atoms with Gasteiger partial charge in [-0.15, -0.1) is 0 Å². The molecule has 1 aromatic heterocycles. The van der Waals surface area contributed by atoms with Crippen molar-refractivity contribution in [1.82, 2.24) is 9.88 Å². The summed E-state index contributed by atoms with van der Waals surface area (Å²) in [5, 5.41) is 0. The fraction of sp³-hybridized carbons (Fsp3) is 0.350. The molecule has 6 nitrogen and oxygen atoms in total. The third kappa shape index (κ3) is 3.91. The molecular formula is C20H23N3O3. The van der Waals surface area contributed by atoms with Gasteiger partial charge in [-0.05, 0) is 30.5 Å². The number of aromatic nitrogens is 1. The van der Waals surface area contributed by atoms with Gasteiger partial charge >= 0.3 is 0 Å². The highest BCUT2D eigenvalue weighted by molar-refractivity contribution is 5.98. The number of hydrogen-bond acceptors (Lipinski definition) is 4. The lowest BCUT2D eigenvalue weighted by molar-refractivity contribution is -0.0146. The van der Waals surface area contributed by atoms with Gasteiger partial charge in [-0.3, -0.25) is 9.59 Å². The first kappa shape index (κ1) is 18.1. The SMILES string of the molecule is CO[C@H]1C[C@H](N(C)C(=O)c2cc(C(N)=O)cc(Cc3ccccc3)n2)C1. The summed E-state index contributed by atoms with van der Waals surface area (Å²) in [6, 6.07) is 13.0. The zero-order chi connectivity index (χ0) is 18.7. The first-order chi connectivity index (χ1) is 12.5. The Bertz CT molecular complexity index is 801. The van der Waals surface area contributed by atoms with Crippen LogP contribution in [0, 0.1) is 0 Å². The highest BCUT2D eigenvalue weighted by Gasteiger charge is 2.35. The van der Waals surface area contributed by atoms with Gasteiger partial charge in [-0.2, -0.15) is 0 Å². The zero-order valence-corrected chi connectivity index (χ0v) is 15.0. The zero-order valence-electron chi connectivity index (χ0n) is 15.0. The Labute approximate surface area is 153 Å². The van der Waals surface area contributed by atoms with Gasteiger partial charge in [0, 0.05) is 37.9 Å². The van der Waals surface area contributed by atoms with Crippen molar-refractivity contribution in [2.45, 2.75) is 31.4 Å². The van der Waals surface area contributed by atoms with E-state index in [1.54, 1.807) is 25.1 Å². The number of methoxy groups -OCH3 is 1. The minimum atomic E-state index is -0.568. The van der Waals surface area contributed by atoms with Crippen molar-refractivity contribution in [2.24, 2.45) is 5.73 Å². The Balaban J connectivity index is 1.83. The molecule has 0 spiro atoms. The Morgan fingerprint density at radius 2 is 1.92 bits per heavy atom. The highest BCUT2D eigenvalue weighted by atomic mass is 16.5. The summed E-state index contributed by atoms with van der Waals surface area (Å²) in [7, 11) is 3.44. The number of primary amides is 1. The van der Waals surface area contributed by atoms with Crippen LogP contribution in [0.4, 0.5) is 0 Å². The van der Waals surface area contributed by atoms with Crippen molar-refractivity contribution in [2.75, 3.05) is 14.2 Å². The van der Waals surface area contributed by atoms with Crippen LogP contribution in [0.25, 0.3) is 0 Å². The van der Waals surface area contributed by atoms with E-state index in [4.69, 9.17) is 10.5 Å². The maximum atomic E-state index is 12.8. The summed E-state index contributed by atoms with van der Waals surface area (Å²) in [5.41, 5.74) is 7.69. The van der Waals surface area contributed by atoms with Gasteiger partial charge in [0.1, 0.15) is 5.69 Å². The molecule has 0 unspecified atom stereocenters. The van der Waals surface area contributed by atoms with E-state index < -0.39 is 5.91 Å². The quantitative estimate of drug-likeness (QED) is 0.861. The number of pyridine rings is 1. The second kappa shape index (κ2) is 7.66. The summed E-state index contributed by atoms with van der Waals surface area (Å²) in [6.07, 6.45) is 2.35. The van der Waals surface area contributed by atoms with E-state index in [1.165, 1.54) is 6.07 Å². The first-order valence-electron chi connectivity index (χ1n) is 8.62. The van der Waals surface area contributed by atoms with Crippen LogP contribution in [0.1, 0.15) is 44.9 Å². The molecule has 1 fully saturated rings. The third-order valence-electron chi connectivity index (χ3n) is 4.88. The Morgan fingerprint density at radius 3 is 2.54 bits per heavy atom. The molecule has 26 heavy (non-hydrogen) atoms. The molecule has 2 N–H and O–H groups in total. The average Bonchev–Trinajstić information content (AvgIpc) is 2.60. The number of carbonyl (C=O) groups excluding carboxylic acids is 2. The molecule has 1 aromatic carbocycles. The van der Waals surface area contributed by atoms with E-state index in [1.807, 2.05) is 30.3 Å². The van der Waals surface area contributed by atoms with Gasteiger partial charge in [0.15, 0.2) is 0 Å². The number of nitrogens with zero attached hydrogens (tertiary/aromatic N) is 2. The van der Waals surface area contributed by atoms with Gasteiger partial charge in [0.2, 0.25) is 5.91 Å². The van der Waals surface area contributed by atoms with Gasteiger partial charge in [-0.25, -0.2) is 4.98 Å². The minimum absolute atomic E-state index is 0.129. The van der Waals surface area contributed by atoms with Gasteiger partial charge < -0.3 is 15.4 Å². The standard InChI is InChI=1S/C20H23N3O3/c1-23(16-11-17(12-16)26-2)20(25)18-10-14(19(21)24)9-15(22-18)8-13-6-4-3-5-7-13/h3-7,9-10,16-17H,8,11-12H2,1-2H3,(H2,21,24)/t16-,17-. The number of rotatable bonds is 6. The van der Waals surface area contributed by atoms with Gasteiger partial charge in [-0.1, -0.05) is 30.3 Å². The lowest BCUT2D eigenvalue weighted by Gasteiger charge is -2.40. The molecule has 2 aromatic rings. The van der Waals surface area contributed by atoms with Crippen molar-refractivity contribution in [3.05, 3.63) is 65.0 Å². The molecule has 0 saturated heterocycles. The second-order valence-electron chi connectivity index (χ2n) is 6.66. The molecule has 1 heterocycles. The minimum Gasteiger partial charge on any atom is -0.381 e. The first-order valence-corrected chi connectivity index (χ1v) is 8.62. The summed E-state index contributed by atoms with van der Waals surface area (Å²) < 4.78 is 5.27. The van der Waals surface area contributed by atoms with Crippen LogP contribution in [0.2, 0.25) is 0 Å². The molecular weight excluding hydrogens is 330 g/mol. The molecule has 136 valence electrons. The van der Waals surface area contributed by atoms with Crippen LogP contribution in [0.15, 0.2) is 42.5 Å². The number of hydrogen-bond donors (Lipinski definition) is 1. The second-order valence-corrected chi connectivity index (χ2v) is 6.66. The van der Waals surface area contributed by atoms with E-state index in [0.717, 1.165) is 18.4 Å². The molecule has 1 saturated carbocycles. The number of carbonyl (C=O) groups is 2. The number of benzene rings is 1. The summed E-state index contributed by atoms with van der Waals surface area (Å²) in [6.45, 7) is 0. The Kier molecular flexibility index (Phi) is 5.32. The van der Waals surface area contributed by atoms with Crippen LogP contribution in [-0.4, -0.2) is 48.0 Å². The van der Waals surface area contributed by atoms with Gasteiger partial charge in [0.25, 0.3) is 5.91 Å².